The maximum absolute atomic E-state index is 12.2. The van der Waals surface area contributed by atoms with E-state index in [0.717, 1.165) is 12.1 Å². The van der Waals surface area contributed by atoms with Gasteiger partial charge < -0.3 is 4.42 Å². The quantitative estimate of drug-likeness (QED) is 0.781. The van der Waals surface area contributed by atoms with E-state index in [4.69, 9.17) is 4.42 Å². The van der Waals surface area contributed by atoms with E-state index in [-0.39, 0.29) is 11.9 Å². The molecule has 1 aromatic carbocycles. The van der Waals surface area contributed by atoms with E-state index >= 15 is 0 Å². The molecule has 0 aliphatic carbocycles. The minimum absolute atomic E-state index is 0.109. The smallest absolute Gasteiger partial charge is 0.322 e. The maximum Gasteiger partial charge on any atom is 0.322 e. The number of carbonyl (C=O) groups is 1. The molecular formula is C15H15N5O2. The van der Waals surface area contributed by atoms with Crippen LogP contribution in [0.3, 0.4) is 0 Å². The van der Waals surface area contributed by atoms with Crippen molar-refractivity contribution in [2.45, 2.75) is 19.8 Å². The Morgan fingerprint density at radius 1 is 1.32 bits per heavy atom. The van der Waals surface area contributed by atoms with E-state index in [2.05, 4.69) is 20.6 Å². The zero-order valence-corrected chi connectivity index (χ0v) is 12.1. The molecule has 0 radical (unpaired) electrons. The van der Waals surface area contributed by atoms with Crippen LogP contribution in [0.4, 0.5) is 6.01 Å². The highest BCUT2D eigenvalue weighted by Gasteiger charge is 2.12. The topological polar surface area (TPSA) is 85.8 Å². The van der Waals surface area contributed by atoms with Gasteiger partial charge in [0.2, 0.25) is 5.89 Å². The molecule has 0 aliphatic heterocycles. The minimum Gasteiger partial charge on any atom is -0.408 e. The van der Waals surface area contributed by atoms with Crippen molar-refractivity contribution in [3.8, 4) is 5.69 Å². The summed E-state index contributed by atoms with van der Waals surface area (Å²) in [6.45, 7) is 2.02. The molecule has 0 atom stereocenters. The summed E-state index contributed by atoms with van der Waals surface area (Å²) in [6, 6.07) is 9.05. The predicted molar refractivity (Wildman–Crippen MR) is 79.8 cm³/mol. The molecule has 2 aromatic heterocycles. The molecule has 1 amide bonds. The lowest BCUT2D eigenvalue weighted by atomic mass is 10.2. The molecule has 7 heteroatoms. The van der Waals surface area contributed by atoms with Crippen LogP contribution in [0, 0.1) is 0 Å². The number of nitrogens with zero attached hydrogens (tertiary/aromatic N) is 4. The molecule has 0 saturated carbocycles. The van der Waals surface area contributed by atoms with E-state index in [1.165, 1.54) is 0 Å². The van der Waals surface area contributed by atoms with E-state index in [0.29, 0.717) is 17.9 Å². The van der Waals surface area contributed by atoms with Gasteiger partial charge in [0.25, 0.3) is 5.91 Å². The van der Waals surface area contributed by atoms with E-state index in [1.807, 2.05) is 25.3 Å². The van der Waals surface area contributed by atoms with Crippen LogP contribution < -0.4 is 5.32 Å². The molecule has 0 fully saturated rings. The molecule has 0 bridgehead atoms. The number of aromatic nitrogens is 4. The van der Waals surface area contributed by atoms with Crippen molar-refractivity contribution >= 4 is 11.9 Å². The van der Waals surface area contributed by atoms with Gasteiger partial charge in [0.1, 0.15) is 0 Å². The lowest BCUT2D eigenvalue weighted by Crippen LogP contribution is -2.12. The lowest BCUT2D eigenvalue weighted by Gasteiger charge is -2.04. The molecule has 2 heterocycles. The highest BCUT2D eigenvalue weighted by molar-refractivity contribution is 6.03. The summed E-state index contributed by atoms with van der Waals surface area (Å²) in [5.74, 6) is 0.212. The minimum atomic E-state index is -0.305. The Morgan fingerprint density at radius 2 is 2.23 bits per heavy atom. The molecule has 0 spiro atoms. The normalized spacial score (nSPS) is 10.6. The van der Waals surface area contributed by atoms with Gasteiger partial charge in [0.15, 0.2) is 0 Å². The van der Waals surface area contributed by atoms with Crippen molar-refractivity contribution in [1.82, 2.24) is 20.0 Å². The summed E-state index contributed by atoms with van der Waals surface area (Å²) < 4.78 is 7.03. The first-order valence-corrected chi connectivity index (χ1v) is 7.00. The van der Waals surface area contributed by atoms with Gasteiger partial charge in [-0.1, -0.05) is 18.1 Å². The van der Waals surface area contributed by atoms with Crippen LogP contribution >= 0.6 is 0 Å². The Kier molecular flexibility index (Phi) is 3.95. The second-order valence-corrected chi connectivity index (χ2v) is 4.71. The van der Waals surface area contributed by atoms with Crippen molar-refractivity contribution in [3.63, 3.8) is 0 Å². The van der Waals surface area contributed by atoms with Gasteiger partial charge >= 0.3 is 6.01 Å². The predicted octanol–water partition coefficient (Wildman–Crippen LogP) is 2.46. The van der Waals surface area contributed by atoms with Crippen LogP contribution in [0.15, 0.2) is 47.1 Å². The van der Waals surface area contributed by atoms with Crippen LogP contribution in [-0.4, -0.2) is 25.9 Å². The van der Waals surface area contributed by atoms with Crippen molar-refractivity contribution in [2.75, 3.05) is 5.32 Å². The van der Waals surface area contributed by atoms with Crippen LogP contribution in [0.2, 0.25) is 0 Å². The second-order valence-electron chi connectivity index (χ2n) is 4.71. The zero-order valence-electron chi connectivity index (χ0n) is 12.1. The fraction of sp³-hybridized carbons (Fsp3) is 0.200. The summed E-state index contributed by atoms with van der Waals surface area (Å²) in [4.78, 5) is 12.2. The molecule has 112 valence electrons. The number of hydrogen-bond donors (Lipinski definition) is 1. The second kappa shape index (κ2) is 6.21. The van der Waals surface area contributed by atoms with Crippen LogP contribution in [0.5, 0.6) is 0 Å². The summed E-state index contributed by atoms with van der Waals surface area (Å²) >= 11 is 0. The Bertz CT molecular complexity index is 764. The number of benzene rings is 1. The van der Waals surface area contributed by atoms with Crippen molar-refractivity contribution in [2.24, 2.45) is 0 Å². The standard InChI is InChI=1S/C15H15N5O2/c1-2-5-13-18-19-15(22-13)17-14(21)11-6-3-7-12(10-11)20-9-4-8-16-20/h3-4,6-10H,2,5H2,1H3,(H,17,19,21). The fourth-order valence-electron chi connectivity index (χ4n) is 2.00. The zero-order chi connectivity index (χ0) is 15.4. The number of nitrogens with one attached hydrogen (secondary N) is 1. The largest absolute Gasteiger partial charge is 0.408 e. The number of rotatable bonds is 5. The highest BCUT2D eigenvalue weighted by atomic mass is 16.4. The first kappa shape index (κ1) is 14.0. The molecule has 22 heavy (non-hydrogen) atoms. The van der Waals surface area contributed by atoms with Gasteiger partial charge in [-0.05, 0) is 30.7 Å². The Labute approximate surface area is 127 Å². The highest BCUT2D eigenvalue weighted by Crippen LogP contribution is 2.13. The third-order valence-electron chi connectivity index (χ3n) is 3.03. The molecule has 1 N–H and O–H groups in total. The number of hydrogen-bond acceptors (Lipinski definition) is 5. The average Bonchev–Trinajstić information content (AvgIpc) is 3.20. The van der Waals surface area contributed by atoms with E-state index in [1.54, 1.807) is 29.1 Å². The first-order chi connectivity index (χ1) is 10.8. The van der Waals surface area contributed by atoms with Gasteiger partial charge in [0, 0.05) is 24.4 Å². The fourth-order valence-corrected chi connectivity index (χ4v) is 2.00. The summed E-state index contributed by atoms with van der Waals surface area (Å²) in [5.41, 5.74) is 1.29. The number of aryl methyl sites for hydroxylation is 1. The van der Waals surface area contributed by atoms with Gasteiger partial charge in [-0.2, -0.15) is 5.10 Å². The molecular weight excluding hydrogens is 282 g/mol. The number of carbonyl (C=O) groups excluding carboxylic acids is 1. The van der Waals surface area contributed by atoms with Crippen LogP contribution in [0.25, 0.3) is 5.69 Å². The maximum atomic E-state index is 12.2. The molecule has 7 nitrogen and oxygen atoms in total. The van der Waals surface area contributed by atoms with Gasteiger partial charge in [-0.25, -0.2) is 4.68 Å². The van der Waals surface area contributed by atoms with Crippen molar-refractivity contribution < 1.29 is 9.21 Å². The molecule has 0 unspecified atom stereocenters. The Balaban J connectivity index is 1.75. The third kappa shape index (κ3) is 3.03. The lowest BCUT2D eigenvalue weighted by molar-refractivity contribution is 0.102. The van der Waals surface area contributed by atoms with Crippen LogP contribution in [-0.2, 0) is 6.42 Å². The molecule has 0 saturated heterocycles. The summed E-state index contributed by atoms with van der Waals surface area (Å²) in [5, 5.41) is 14.4. The Hall–Kier alpha value is -2.96. The van der Waals surface area contributed by atoms with Crippen LogP contribution in [0.1, 0.15) is 29.6 Å². The van der Waals surface area contributed by atoms with Gasteiger partial charge in [-0.15, -0.1) is 5.10 Å². The molecule has 3 rings (SSSR count). The summed E-state index contributed by atoms with van der Waals surface area (Å²) in [6.07, 6.45) is 5.09. The molecule has 3 aromatic rings. The molecule has 0 aliphatic rings. The van der Waals surface area contributed by atoms with Crippen molar-refractivity contribution in [3.05, 3.63) is 54.2 Å². The van der Waals surface area contributed by atoms with E-state index < -0.39 is 0 Å². The van der Waals surface area contributed by atoms with Crippen molar-refractivity contribution in [1.29, 1.82) is 0 Å². The Morgan fingerprint density at radius 3 is 3.00 bits per heavy atom. The number of anilines is 1. The van der Waals surface area contributed by atoms with Gasteiger partial charge in [0.05, 0.1) is 5.69 Å². The third-order valence-corrected chi connectivity index (χ3v) is 3.03. The average molecular weight is 297 g/mol. The monoisotopic (exact) mass is 297 g/mol. The van der Waals surface area contributed by atoms with Gasteiger partial charge in [-0.3, -0.25) is 10.1 Å². The number of amides is 1. The SMILES string of the molecule is CCCc1nnc(NC(=O)c2cccc(-n3cccn3)c2)o1. The first-order valence-electron chi connectivity index (χ1n) is 7.00. The van der Waals surface area contributed by atoms with E-state index in [9.17, 15) is 4.79 Å². The summed E-state index contributed by atoms with van der Waals surface area (Å²) in [7, 11) is 0.